The quantitative estimate of drug-likeness (QED) is 0.216. The number of esters is 1. The van der Waals surface area contributed by atoms with Crippen LogP contribution in [-0.4, -0.2) is 42.6 Å². The Kier molecular flexibility index (Phi) is 7.05. The van der Waals surface area contributed by atoms with E-state index in [-0.39, 0.29) is 11.3 Å². The summed E-state index contributed by atoms with van der Waals surface area (Å²) in [5, 5.41) is 13.9. The van der Waals surface area contributed by atoms with Crippen LogP contribution in [0.4, 0.5) is 11.4 Å². The molecule has 182 valence electrons. The molecule has 0 aliphatic carbocycles. The Balaban J connectivity index is 1.55. The number of para-hydroxylation sites is 1. The number of pyridine rings is 1. The van der Waals surface area contributed by atoms with Crippen LogP contribution in [0.15, 0.2) is 72.8 Å². The minimum absolute atomic E-state index is 0.103. The second-order valence-corrected chi connectivity index (χ2v) is 7.57. The number of nitro benzene ring substituents is 1. The maximum atomic E-state index is 13.0. The first-order chi connectivity index (χ1) is 17.4. The van der Waals surface area contributed by atoms with Crippen molar-refractivity contribution in [2.45, 2.75) is 0 Å². The fourth-order valence-electron chi connectivity index (χ4n) is 3.56. The van der Waals surface area contributed by atoms with Crippen LogP contribution < -0.4 is 14.8 Å². The standard InChI is InChI=1S/C26H21N3O7/c1-34-23-12-7-16(13-24(23)35-2)22-14-20(19-5-3-4-6-21(19)28-22)26(31)36-15-25(30)27-17-8-10-18(11-9-17)29(32)33/h3-14H,15H2,1-2H3,(H,27,30). The Bertz CT molecular complexity index is 1450. The van der Waals surface area contributed by atoms with Gasteiger partial charge in [-0.05, 0) is 42.5 Å². The number of benzene rings is 3. The molecule has 0 spiro atoms. The molecular formula is C26H21N3O7. The lowest BCUT2D eigenvalue weighted by Gasteiger charge is -2.12. The molecule has 36 heavy (non-hydrogen) atoms. The van der Waals surface area contributed by atoms with Crippen LogP contribution in [0.1, 0.15) is 10.4 Å². The lowest BCUT2D eigenvalue weighted by atomic mass is 10.0. The number of nitrogens with zero attached hydrogens (tertiary/aromatic N) is 2. The molecule has 4 aromatic rings. The number of fused-ring (bicyclic) bond motifs is 1. The number of methoxy groups -OCH3 is 2. The first-order valence-corrected chi connectivity index (χ1v) is 10.7. The average Bonchev–Trinajstić information content (AvgIpc) is 2.90. The lowest BCUT2D eigenvalue weighted by molar-refractivity contribution is -0.384. The van der Waals surface area contributed by atoms with E-state index in [9.17, 15) is 19.7 Å². The smallest absolute Gasteiger partial charge is 0.339 e. The Hall–Kier alpha value is -4.99. The van der Waals surface area contributed by atoms with Gasteiger partial charge in [0.05, 0.1) is 35.9 Å². The van der Waals surface area contributed by atoms with E-state index in [0.29, 0.717) is 39.3 Å². The number of hydrogen-bond acceptors (Lipinski definition) is 8. The van der Waals surface area contributed by atoms with Crippen molar-refractivity contribution >= 4 is 34.2 Å². The van der Waals surface area contributed by atoms with Crippen molar-refractivity contribution in [3.8, 4) is 22.8 Å². The highest BCUT2D eigenvalue weighted by atomic mass is 16.6. The van der Waals surface area contributed by atoms with E-state index < -0.39 is 23.4 Å². The molecule has 0 fully saturated rings. The monoisotopic (exact) mass is 487 g/mol. The van der Waals surface area contributed by atoms with Gasteiger partial charge in [-0.1, -0.05) is 18.2 Å². The Morgan fingerprint density at radius 2 is 1.67 bits per heavy atom. The van der Waals surface area contributed by atoms with Gasteiger partial charge < -0.3 is 19.5 Å². The number of anilines is 1. The maximum Gasteiger partial charge on any atom is 0.339 e. The van der Waals surface area contributed by atoms with Crippen molar-refractivity contribution in [3.05, 3.63) is 88.5 Å². The molecule has 1 N–H and O–H groups in total. The average molecular weight is 487 g/mol. The zero-order valence-electron chi connectivity index (χ0n) is 19.4. The third kappa shape index (κ3) is 5.22. The summed E-state index contributed by atoms with van der Waals surface area (Å²) in [6.07, 6.45) is 0. The number of rotatable bonds is 8. The van der Waals surface area contributed by atoms with E-state index >= 15 is 0 Å². The normalized spacial score (nSPS) is 10.5. The topological polar surface area (TPSA) is 130 Å². The molecule has 1 aromatic heterocycles. The van der Waals surface area contributed by atoms with Crippen molar-refractivity contribution in [2.24, 2.45) is 0 Å². The molecular weight excluding hydrogens is 466 g/mol. The molecule has 1 amide bonds. The van der Waals surface area contributed by atoms with E-state index in [1.165, 1.54) is 38.5 Å². The van der Waals surface area contributed by atoms with Gasteiger partial charge in [0.1, 0.15) is 0 Å². The number of ether oxygens (including phenoxy) is 3. The van der Waals surface area contributed by atoms with Gasteiger partial charge in [0.15, 0.2) is 18.1 Å². The van der Waals surface area contributed by atoms with Gasteiger partial charge in [-0.25, -0.2) is 9.78 Å². The number of amides is 1. The van der Waals surface area contributed by atoms with Gasteiger partial charge in [0.25, 0.3) is 11.6 Å². The number of nitrogens with one attached hydrogen (secondary N) is 1. The molecule has 10 heteroatoms. The third-order valence-electron chi connectivity index (χ3n) is 5.31. The summed E-state index contributed by atoms with van der Waals surface area (Å²) in [7, 11) is 3.07. The van der Waals surface area contributed by atoms with Crippen LogP contribution in [0, 0.1) is 10.1 Å². The molecule has 4 rings (SSSR count). The fourth-order valence-corrected chi connectivity index (χ4v) is 3.56. The van der Waals surface area contributed by atoms with Crippen LogP contribution in [0.25, 0.3) is 22.2 Å². The van der Waals surface area contributed by atoms with Crippen molar-refractivity contribution in [3.63, 3.8) is 0 Å². The molecule has 1 heterocycles. The number of carbonyl (C=O) groups excluding carboxylic acids is 2. The van der Waals surface area contributed by atoms with Crippen molar-refractivity contribution < 1.29 is 28.7 Å². The minimum Gasteiger partial charge on any atom is -0.493 e. The van der Waals surface area contributed by atoms with Gasteiger partial charge >= 0.3 is 5.97 Å². The van der Waals surface area contributed by atoms with E-state index in [1.807, 2.05) is 0 Å². The molecule has 0 aliphatic rings. The number of non-ortho nitro benzene ring substituents is 1. The summed E-state index contributed by atoms with van der Waals surface area (Å²) in [6, 6.07) is 19.3. The molecule has 0 saturated carbocycles. The van der Waals surface area contributed by atoms with Crippen molar-refractivity contribution in [2.75, 3.05) is 26.1 Å². The molecule has 0 radical (unpaired) electrons. The first-order valence-electron chi connectivity index (χ1n) is 10.7. The molecule has 0 unspecified atom stereocenters. The van der Waals surface area contributed by atoms with Gasteiger partial charge in [-0.15, -0.1) is 0 Å². The minimum atomic E-state index is -0.700. The molecule has 3 aromatic carbocycles. The van der Waals surface area contributed by atoms with Crippen molar-refractivity contribution in [1.82, 2.24) is 4.98 Å². The van der Waals surface area contributed by atoms with Gasteiger partial charge in [0, 0.05) is 28.8 Å². The first kappa shape index (κ1) is 24.1. The van der Waals surface area contributed by atoms with Gasteiger partial charge in [0.2, 0.25) is 0 Å². The Morgan fingerprint density at radius 3 is 2.36 bits per heavy atom. The third-order valence-corrected chi connectivity index (χ3v) is 5.31. The predicted molar refractivity (Wildman–Crippen MR) is 132 cm³/mol. The highest BCUT2D eigenvalue weighted by molar-refractivity contribution is 6.05. The van der Waals surface area contributed by atoms with E-state index in [1.54, 1.807) is 48.5 Å². The summed E-state index contributed by atoms with van der Waals surface area (Å²) in [4.78, 5) is 40.2. The fraction of sp³-hybridized carbons (Fsp3) is 0.115. The van der Waals surface area contributed by atoms with E-state index in [2.05, 4.69) is 10.3 Å². The summed E-state index contributed by atoms with van der Waals surface area (Å²) in [5.74, 6) is -0.220. The molecule has 0 bridgehead atoms. The molecule has 10 nitrogen and oxygen atoms in total. The highest BCUT2D eigenvalue weighted by Gasteiger charge is 2.18. The highest BCUT2D eigenvalue weighted by Crippen LogP contribution is 2.33. The molecule has 0 atom stereocenters. The van der Waals surface area contributed by atoms with Crippen LogP contribution >= 0.6 is 0 Å². The van der Waals surface area contributed by atoms with Crippen LogP contribution in [0.2, 0.25) is 0 Å². The zero-order chi connectivity index (χ0) is 25.7. The Morgan fingerprint density at radius 1 is 0.944 bits per heavy atom. The van der Waals surface area contributed by atoms with Crippen LogP contribution in [-0.2, 0) is 9.53 Å². The molecule has 0 aliphatic heterocycles. The zero-order valence-corrected chi connectivity index (χ0v) is 19.4. The summed E-state index contributed by atoms with van der Waals surface area (Å²) < 4.78 is 15.9. The summed E-state index contributed by atoms with van der Waals surface area (Å²) in [5.41, 5.74) is 2.27. The Labute approximate surface area is 205 Å². The van der Waals surface area contributed by atoms with E-state index in [4.69, 9.17) is 14.2 Å². The second-order valence-electron chi connectivity index (χ2n) is 7.57. The number of aromatic nitrogens is 1. The largest absolute Gasteiger partial charge is 0.493 e. The lowest BCUT2D eigenvalue weighted by Crippen LogP contribution is -2.21. The van der Waals surface area contributed by atoms with E-state index in [0.717, 1.165) is 0 Å². The van der Waals surface area contributed by atoms with Crippen LogP contribution in [0.3, 0.4) is 0 Å². The SMILES string of the molecule is COc1ccc(-c2cc(C(=O)OCC(=O)Nc3ccc([N+](=O)[O-])cc3)c3ccccc3n2)cc1OC. The predicted octanol–water partition coefficient (Wildman–Crippen LogP) is 4.62. The van der Waals surface area contributed by atoms with Gasteiger partial charge in [-0.2, -0.15) is 0 Å². The van der Waals surface area contributed by atoms with Crippen LogP contribution in [0.5, 0.6) is 11.5 Å². The second kappa shape index (κ2) is 10.5. The number of nitro groups is 1. The number of hydrogen-bond donors (Lipinski definition) is 1. The van der Waals surface area contributed by atoms with Gasteiger partial charge in [-0.3, -0.25) is 14.9 Å². The number of carbonyl (C=O) groups is 2. The summed E-state index contributed by atoms with van der Waals surface area (Å²) in [6.45, 7) is -0.543. The van der Waals surface area contributed by atoms with Crippen molar-refractivity contribution in [1.29, 1.82) is 0 Å². The summed E-state index contributed by atoms with van der Waals surface area (Å²) >= 11 is 0. The maximum absolute atomic E-state index is 13.0. The molecule has 0 saturated heterocycles.